The minimum absolute atomic E-state index is 0. The monoisotopic (exact) mass is 201 g/mol. The van der Waals surface area contributed by atoms with Crippen LogP contribution in [0.2, 0.25) is 0 Å². The van der Waals surface area contributed by atoms with Gasteiger partial charge in [-0.25, -0.2) is 9.65 Å². The van der Waals surface area contributed by atoms with E-state index in [-0.39, 0.29) is 5.48 Å². The summed E-state index contributed by atoms with van der Waals surface area (Å²) in [6.07, 6.45) is 0. The van der Waals surface area contributed by atoms with Crippen LogP contribution in [0.5, 0.6) is 0 Å². The van der Waals surface area contributed by atoms with Crippen molar-refractivity contribution in [3.63, 3.8) is 0 Å². The Balaban J connectivity index is 0. The second kappa shape index (κ2) is 5.20. The Morgan fingerprint density at radius 3 is 2.00 bits per heavy atom. The highest BCUT2D eigenvalue weighted by atomic mass is 31.2. The molecule has 5 N–H and O–H groups in total. The first kappa shape index (κ1) is 14.0. The number of carbonyl (C=O) groups is 1. The molecule has 72 valence electrons. The van der Waals surface area contributed by atoms with Gasteiger partial charge in [0.25, 0.3) is 0 Å². The molecule has 0 aliphatic carbocycles. The quantitative estimate of drug-likeness (QED) is 0.329. The van der Waals surface area contributed by atoms with E-state index in [1.807, 2.05) is 0 Å². The summed E-state index contributed by atoms with van der Waals surface area (Å²) in [5.74, 6) is -1.52. The van der Waals surface area contributed by atoms with Crippen LogP contribution in [0.25, 0.3) is 0 Å². The maximum absolute atomic E-state index is 10.1. The van der Waals surface area contributed by atoms with Gasteiger partial charge in [-0.05, 0) is 0 Å². The van der Waals surface area contributed by atoms with Crippen molar-refractivity contribution in [3.05, 3.63) is 0 Å². The molecule has 0 saturated carbocycles. The first-order valence-corrected chi connectivity index (χ1v) is 4.15. The molecule has 0 spiro atoms. The molecule has 0 aromatic heterocycles. The van der Waals surface area contributed by atoms with Gasteiger partial charge in [0, 0.05) is 5.48 Å². The molecule has 0 heterocycles. The molecule has 0 amide bonds. The zero-order valence-corrected chi connectivity index (χ0v) is 6.64. The number of rotatable bonds is 4. The molecule has 0 unspecified atom stereocenters. The largest absolute Gasteiger partial charge is 0.480 e. The average Bonchev–Trinajstić information content (AvgIpc) is 1.80. The number of hydrogen-bond acceptors (Lipinski definition) is 3. The van der Waals surface area contributed by atoms with E-state index in [4.69, 9.17) is 20.0 Å². The number of aliphatic hydroxyl groups is 1. The summed E-state index contributed by atoms with van der Waals surface area (Å²) in [5.41, 5.74) is 0. The van der Waals surface area contributed by atoms with E-state index in [0.29, 0.717) is 0 Å². The molecule has 12 heavy (non-hydrogen) atoms. The van der Waals surface area contributed by atoms with Crippen LogP contribution in [0.4, 0.5) is 0 Å². The van der Waals surface area contributed by atoms with Gasteiger partial charge >= 0.3 is 13.7 Å². The summed E-state index contributed by atoms with van der Waals surface area (Å²) in [5, 5.41) is 17.9. The molecule has 0 rings (SSSR count). The van der Waals surface area contributed by atoms with Gasteiger partial charge in [-0.3, -0.25) is 4.79 Å². The summed E-state index contributed by atoms with van der Waals surface area (Å²) in [6, 6.07) is -1.63. The normalized spacial score (nSPS) is 13.2. The Morgan fingerprint density at radius 1 is 1.50 bits per heavy atom. The van der Waals surface area contributed by atoms with Crippen molar-refractivity contribution in [1.82, 2.24) is 5.09 Å². The van der Waals surface area contributed by atoms with E-state index < -0.39 is 26.4 Å². The molecule has 0 bridgehead atoms. The van der Waals surface area contributed by atoms with Crippen LogP contribution in [0.1, 0.15) is 0 Å². The lowest BCUT2D eigenvalue weighted by Crippen LogP contribution is -2.37. The number of nitrogens with one attached hydrogen (secondary N) is 1. The predicted octanol–water partition coefficient (Wildman–Crippen LogP) is -2.00. The van der Waals surface area contributed by atoms with E-state index in [9.17, 15) is 9.36 Å². The first-order chi connectivity index (χ1) is 4.87. The zero-order chi connectivity index (χ0) is 9.07. The van der Waals surface area contributed by atoms with Crippen LogP contribution in [0.3, 0.4) is 0 Å². The van der Waals surface area contributed by atoms with Gasteiger partial charge in [-0.15, -0.1) is 0 Å². The Hall–Kier alpha value is -0.500. The second-order valence-corrected chi connectivity index (χ2v) is 3.09. The minimum Gasteiger partial charge on any atom is -0.480 e. The summed E-state index contributed by atoms with van der Waals surface area (Å²) in [6.45, 7) is -0.875. The van der Waals surface area contributed by atoms with Crippen molar-refractivity contribution in [2.45, 2.75) is 6.04 Å². The lowest BCUT2D eigenvalue weighted by atomic mass is 10.3. The highest BCUT2D eigenvalue weighted by molar-refractivity contribution is 7.49. The molecule has 0 aliphatic heterocycles. The Kier molecular flexibility index (Phi) is 6.09. The third-order valence-electron chi connectivity index (χ3n) is 0.805. The van der Waals surface area contributed by atoms with Crippen molar-refractivity contribution in [3.8, 4) is 0 Å². The van der Waals surface area contributed by atoms with Crippen LogP contribution in [-0.2, 0) is 14.8 Å². The molecule has 0 aromatic carbocycles. The summed E-state index contributed by atoms with van der Waals surface area (Å²) in [7, 11) is -4.58. The smallest absolute Gasteiger partial charge is 0.401 e. The molecular weight excluding hydrogens is 193 g/mol. The highest BCUT2D eigenvalue weighted by Gasteiger charge is 2.24. The molecule has 0 fully saturated rings. The van der Waals surface area contributed by atoms with Gasteiger partial charge in [-0.1, -0.05) is 0 Å². The topological polar surface area (TPSA) is 156 Å². The number of carboxylic acid groups (broad SMARTS) is 1. The van der Waals surface area contributed by atoms with Crippen LogP contribution in [0.15, 0.2) is 0 Å². The maximum atomic E-state index is 10.1. The van der Waals surface area contributed by atoms with Crippen LogP contribution >= 0.6 is 7.75 Å². The van der Waals surface area contributed by atoms with Gasteiger partial charge in [0.2, 0.25) is 0 Å². The standard InChI is InChI=1S/C3H8NO6P.O/c5-1-2(3(6)7)4-11(8,9)10;/h2,5H,1H2,(H,6,7)(H3,4,8,9,10);/t2-;/m0./s1. The zero-order valence-electron chi connectivity index (χ0n) is 5.75. The number of aliphatic carboxylic acids is 1. The van der Waals surface area contributed by atoms with E-state index in [1.165, 1.54) is 5.09 Å². The van der Waals surface area contributed by atoms with Gasteiger partial charge < -0.3 is 20.0 Å². The maximum Gasteiger partial charge on any atom is 0.401 e. The molecular formula is C3H8NO7P. The average molecular weight is 201 g/mol. The van der Waals surface area contributed by atoms with Crippen LogP contribution < -0.4 is 5.09 Å². The second-order valence-electron chi connectivity index (χ2n) is 1.75. The lowest BCUT2D eigenvalue weighted by Gasteiger charge is -2.11. The first-order valence-electron chi connectivity index (χ1n) is 2.54. The van der Waals surface area contributed by atoms with Crippen LogP contribution in [0, 0.1) is 0 Å². The predicted molar refractivity (Wildman–Crippen MR) is 34.4 cm³/mol. The van der Waals surface area contributed by atoms with E-state index in [2.05, 4.69) is 0 Å². The lowest BCUT2D eigenvalue weighted by molar-refractivity contribution is -0.140. The minimum atomic E-state index is -4.58. The fraction of sp³-hybridized carbons (Fsp3) is 0.667. The number of hydrogen-bond donors (Lipinski definition) is 5. The fourth-order valence-corrected chi connectivity index (χ4v) is 0.975. The fourth-order valence-electron chi connectivity index (χ4n) is 0.377. The highest BCUT2D eigenvalue weighted by Crippen LogP contribution is 2.28. The third kappa shape index (κ3) is 6.23. The van der Waals surface area contributed by atoms with Crippen molar-refractivity contribution in [1.29, 1.82) is 0 Å². The van der Waals surface area contributed by atoms with E-state index in [0.717, 1.165) is 0 Å². The molecule has 0 saturated heterocycles. The van der Waals surface area contributed by atoms with Gasteiger partial charge in [0.15, 0.2) is 0 Å². The van der Waals surface area contributed by atoms with Gasteiger partial charge in [0.1, 0.15) is 6.04 Å². The molecule has 8 nitrogen and oxygen atoms in total. The van der Waals surface area contributed by atoms with Gasteiger partial charge in [0.05, 0.1) is 6.61 Å². The molecule has 9 heteroatoms. The SMILES string of the molecule is O=C(O)[C@H](CO)NP(=O)(O)O.[O]. The molecule has 0 aliphatic rings. The molecule has 0 aromatic rings. The van der Waals surface area contributed by atoms with Crippen LogP contribution in [-0.4, -0.2) is 38.6 Å². The third-order valence-corrected chi connectivity index (χ3v) is 1.45. The van der Waals surface area contributed by atoms with E-state index >= 15 is 0 Å². The Labute approximate surface area is 67.4 Å². The molecule has 2 radical (unpaired) electrons. The van der Waals surface area contributed by atoms with Crippen molar-refractivity contribution >= 4 is 13.7 Å². The Bertz CT molecular complexity index is 187. The van der Waals surface area contributed by atoms with Gasteiger partial charge in [-0.2, -0.15) is 0 Å². The van der Waals surface area contributed by atoms with Crippen molar-refractivity contribution in [2.24, 2.45) is 0 Å². The summed E-state index contributed by atoms with van der Waals surface area (Å²) < 4.78 is 10.1. The van der Waals surface area contributed by atoms with Crippen molar-refractivity contribution < 1.29 is 34.8 Å². The number of carboxylic acids is 1. The summed E-state index contributed by atoms with van der Waals surface area (Å²) in [4.78, 5) is 26.4. The van der Waals surface area contributed by atoms with E-state index in [1.54, 1.807) is 0 Å². The summed E-state index contributed by atoms with van der Waals surface area (Å²) >= 11 is 0. The number of aliphatic hydroxyl groups excluding tert-OH is 1. The van der Waals surface area contributed by atoms with Crippen molar-refractivity contribution in [2.75, 3.05) is 6.61 Å². The Morgan fingerprint density at radius 2 is 1.92 bits per heavy atom. The molecule has 1 atom stereocenters.